The van der Waals surface area contributed by atoms with Crippen LogP contribution in [0, 0.1) is 12.8 Å². The molecule has 2 N–H and O–H groups in total. The summed E-state index contributed by atoms with van der Waals surface area (Å²) >= 11 is 5.47. The lowest BCUT2D eigenvalue weighted by atomic mass is 10.0. The number of hydrogen-bond donors (Lipinski definition) is 2. The molecule has 2 rings (SSSR count). The number of ether oxygens (including phenoxy) is 1. The summed E-state index contributed by atoms with van der Waals surface area (Å²) in [5, 5.41) is 5.79. The molecule has 0 radical (unpaired) electrons. The Labute approximate surface area is 217 Å². The van der Waals surface area contributed by atoms with Crippen molar-refractivity contribution in [3.05, 3.63) is 35.0 Å². The van der Waals surface area contributed by atoms with Crippen LogP contribution in [0.5, 0.6) is 0 Å². The van der Waals surface area contributed by atoms with E-state index in [-0.39, 0.29) is 21.8 Å². The van der Waals surface area contributed by atoms with Gasteiger partial charge >= 0.3 is 6.09 Å². The number of aromatic nitrogens is 1. The summed E-state index contributed by atoms with van der Waals surface area (Å²) in [5.41, 5.74) is 0.108. The number of hydrogen-bond acceptors (Lipinski definition) is 5. The van der Waals surface area contributed by atoms with Gasteiger partial charge in [0.15, 0.2) is 0 Å². The number of halogens is 2. The first kappa shape index (κ1) is 27.6. The summed E-state index contributed by atoms with van der Waals surface area (Å²) in [7, 11) is 0. The molecule has 0 unspecified atom stereocenters. The van der Waals surface area contributed by atoms with Gasteiger partial charge in [0.2, 0.25) is 11.8 Å². The van der Waals surface area contributed by atoms with Crippen LogP contribution in [0.1, 0.15) is 52.0 Å². The van der Waals surface area contributed by atoms with E-state index in [1.165, 1.54) is 4.90 Å². The maximum atomic E-state index is 13.2. The van der Waals surface area contributed by atoms with Crippen molar-refractivity contribution in [1.82, 2.24) is 15.2 Å². The SMILES string of the molecule is C=CCCCC(=O)NC[C@H]1C[C@@H](C(=O)Nc2nc(Br)ccc2C)N(C(=O)OC(C)(C)C)[C@@H]1I. The highest BCUT2D eigenvalue weighted by atomic mass is 127. The van der Waals surface area contributed by atoms with Gasteiger partial charge < -0.3 is 15.4 Å². The van der Waals surface area contributed by atoms with Crippen molar-refractivity contribution >= 4 is 62.2 Å². The highest BCUT2D eigenvalue weighted by Gasteiger charge is 2.47. The quantitative estimate of drug-likeness (QED) is 0.105. The monoisotopic (exact) mass is 634 g/mol. The van der Waals surface area contributed by atoms with Crippen LogP contribution in [0.25, 0.3) is 0 Å². The number of nitrogens with zero attached hydrogens (tertiary/aromatic N) is 2. The van der Waals surface area contributed by atoms with Gasteiger partial charge in [-0.1, -0.05) is 34.7 Å². The predicted molar refractivity (Wildman–Crippen MR) is 140 cm³/mol. The number of aryl methyl sites for hydroxylation is 1. The molecule has 0 aromatic carbocycles. The Balaban J connectivity index is 2.17. The van der Waals surface area contributed by atoms with E-state index in [4.69, 9.17) is 4.74 Å². The van der Waals surface area contributed by atoms with Crippen molar-refractivity contribution in [3.63, 3.8) is 0 Å². The zero-order valence-corrected chi connectivity index (χ0v) is 23.2. The molecule has 182 valence electrons. The molecule has 0 spiro atoms. The molecule has 1 aromatic heterocycles. The lowest BCUT2D eigenvalue weighted by Gasteiger charge is -2.30. The molecule has 1 fully saturated rings. The minimum Gasteiger partial charge on any atom is -0.444 e. The number of likely N-dealkylation sites (tertiary alicyclic amines) is 1. The first-order valence-electron chi connectivity index (χ1n) is 10.9. The van der Waals surface area contributed by atoms with E-state index >= 15 is 0 Å². The molecular weight excluding hydrogens is 603 g/mol. The van der Waals surface area contributed by atoms with Gasteiger partial charge in [0.05, 0.1) is 4.05 Å². The van der Waals surface area contributed by atoms with Crippen LogP contribution >= 0.6 is 38.5 Å². The van der Waals surface area contributed by atoms with Crippen LogP contribution in [0.2, 0.25) is 0 Å². The van der Waals surface area contributed by atoms with Crippen LogP contribution in [-0.4, -0.2) is 50.0 Å². The van der Waals surface area contributed by atoms with Crippen LogP contribution in [0.4, 0.5) is 10.6 Å². The normalized spacial score (nSPS) is 20.3. The van der Waals surface area contributed by atoms with Crippen molar-refractivity contribution in [2.24, 2.45) is 5.92 Å². The van der Waals surface area contributed by atoms with E-state index in [0.717, 1.165) is 18.4 Å². The van der Waals surface area contributed by atoms with Crippen molar-refractivity contribution in [1.29, 1.82) is 0 Å². The van der Waals surface area contributed by atoms with E-state index in [2.05, 4.69) is 60.7 Å². The van der Waals surface area contributed by atoms with E-state index in [0.29, 0.717) is 29.8 Å². The molecule has 0 aliphatic carbocycles. The second-order valence-electron chi connectivity index (χ2n) is 9.05. The fourth-order valence-electron chi connectivity index (χ4n) is 3.44. The third-order valence-electron chi connectivity index (χ3n) is 5.10. The first-order valence-corrected chi connectivity index (χ1v) is 12.9. The van der Waals surface area contributed by atoms with Crippen molar-refractivity contribution in [2.45, 2.75) is 69.1 Å². The maximum Gasteiger partial charge on any atom is 0.411 e. The third kappa shape index (κ3) is 8.24. The molecule has 0 bridgehead atoms. The zero-order valence-electron chi connectivity index (χ0n) is 19.5. The fraction of sp³-hybridized carbons (Fsp3) is 0.565. The molecule has 1 saturated heterocycles. The standard InChI is InChI=1S/C23H32BrIN4O4/c1-6-7-8-9-18(30)26-13-15-12-16(29(19(15)25)22(32)33-23(3,4)5)21(31)28-20-14(2)10-11-17(24)27-20/h6,10-11,15-16,19H,1,7-9,12-13H2,2-5H3,(H,26,30)(H,27,28,31)/t15-,16+,19+/m1/s1. The number of pyridine rings is 1. The van der Waals surface area contributed by atoms with Gasteiger partial charge in [-0.15, -0.1) is 6.58 Å². The summed E-state index contributed by atoms with van der Waals surface area (Å²) in [6.07, 6.45) is 3.57. The summed E-state index contributed by atoms with van der Waals surface area (Å²) in [5.74, 6) is -0.0570. The number of rotatable bonds is 8. The average molecular weight is 635 g/mol. The molecule has 0 saturated carbocycles. The van der Waals surface area contributed by atoms with Gasteiger partial charge in [-0.05, 0) is 74.5 Å². The van der Waals surface area contributed by atoms with E-state index < -0.39 is 17.7 Å². The molecule has 3 amide bonds. The van der Waals surface area contributed by atoms with Crippen molar-refractivity contribution in [2.75, 3.05) is 11.9 Å². The number of anilines is 1. The van der Waals surface area contributed by atoms with Crippen LogP contribution < -0.4 is 10.6 Å². The number of alkyl halides is 1. The Kier molecular flexibility index (Phi) is 10.1. The largest absolute Gasteiger partial charge is 0.444 e. The van der Waals surface area contributed by atoms with E-state index in [1.54, 1.807) is 32.9 Å². The fourth-order valence-corrected chi connectivity index (χ4v) is 4.91. The van der Waals surface area contributed by atoms with Gasteiger partial charge in [-0.25, -0.2) is 9.78 Å². The predicted octanol–water partition coefficient (Wildman–Crippen LogP) is 4.95. The average Bonchev–Trinajstić information content (AvgIpc) is 3.04. The third-order valence-corrected chi connectivity index (χ3v) is 7.16. The molecule has 33 heavy (non-hydrogen) atoms. The number of carbonyl (C=O) groups excluding carboxylic acids is 3. The number of unbranched alkanes of at least 4 members (excludes halogenated alkanes) is 1. The molecule has 1 aliphatic heterocycles. The van der Waals surface area contributed by atoms with E-state index in [1.807, 2.05) is 13.0 Å². The summed E-state index contributed by atoms with van der Waals surface area (Å²) in [6, 6.07) is 2.89. The first-order chi connectivity index (χ1) is 15.4. The minimum atomic E-state index is -0.746. The van der Waals surface area contributed by atoms with Crippen molar-refractivity contribution in [3.8, 4) is 0 Å². The van der Waals surface area contributed by atoms with Gasteiger partial charge in [0, 0.05) is 18.9 Å². The summed E-state index contributed by atoms with van der Waals surface area (Å²) in [4.78, 5) is 44.2. The van der Waals surface area contributed by atoms with Crippen LogP contribution in [-0.2, 0) is 14.3 Å². The summed E-state index contributed by atoms with van der Waals surface area (Å²) < 4.78 is 5.87. The topological polar surface area (TPSA) is 101 Å². The lowest BCUT2D eigenvalue weighted by molar-refractivity contribution is -0.121. The number of nitrogens with one attached hydrogen (secondary N) is 2. The second-order valence-corrected chi connectivity index (χ2v) is 11.1. The molecule has 1 aromatic rings. The number of allylic oxidation sites excluding steroid dienone is 1. The molecule has 8 nitrogen and oxygen atoms in total. The maximum absolute atomic E-state index is 13.2. The Morgan fingerprint density at radius 2 is 2.06 bits per heavy atom. The Morgan fingerprint density at radius 1 is 1.36 bits per heavy atom. The van der Waals surface area contributed by atoms with Gasteiger partial charge in [-0.3, -0.25) is 14.5 Å². The van der Waals surface area contributed by atoms with Crippen molar-refractivity contribution < 1.29 is 19.1 Å². The Morgan fingerprint density at radius 3 is 2.70 bits per heavy atom. The second kappa shape index (κ2) is 12.1. The number of amides is 3. The Bertz CT molecular complexity index is 890. The highest BCUT2D eigenvalue weighted by Crippen LogP contribution is 2.36. The van der Waals surface area contributed by atoms with Gasteiger partial charge in [0.25, 0.3) is 0 Å². The molecular formula is C23H32BrIN4O4. The Hall–Kier alpha value is -1.69. The van der Waals surface area contributed by atoms with Gasteiger partial charge in [-0.2, -0.15) is 0 Å². The number of carbonyl (C=O) groups is 3. The summed E-state index contributed by atoms with van der Waals surface area (Å²) in [6.45, 7) is 11.2. The van der Waals surface area contributed by atoms with Gasteiger partial charge in [0.1, 0.15) is 22.1 Å². The zero-order chi connectivity index (χ0) is 24.8. The minimum absolute atomic E-state index is 0.0499. The smallest absolute Gasteiger partial charge is 0.411 e. The van der Waals surface area contributed by atoms with E-state index in [9.17, 15) is 14.4 Å². The van der Waals surface area contributed by atoms with Crippen LogP contribution in [0.3, 0.4) is 0 Å². The van der Waals surface area contributed by atoms with Crippen LogP contribution in [0.15, 0.2) is 29.4 Å². The molecule has 3 atom stereocenters. The molecule has 2 heterocycles. The molecule has 10 heteroatoms. The molecule has 1 aliphatic rings. The highest BCUT2D eigenvalue weighted by molar-refractivity contribution is 14.1. The lowest BCUT2D eigenvalue weighted by Crippen LogP contribution is -2.48.